The maximum atomic E-state index is 13.9. The molecule has 1 N–H and O–H groups in total. The summed E-state index contributed by atoms with van der Waals surface area (Å²) < 4.78 is 26.5. The number of aryl methyl sites for hydroxylation is 1. The molecular weight excluding hydrogens is 569 g/mol. The number of carbonyl (C=O) groups is 2. The topological polar surface area (TPSA) is 86.8 Å². The van der Waals surface area contributed by atoms with E-state index < -0.39 is 34.4 Å². The predicted octanol–water partition coefficient (Wildman–Crippen LogP) is 5.11. The minimum Gasteiger partial charge on any atom is -0.357 e. The molecule has 0 aliphatic rings. The number of nitrogens with zero attached hydrogens (tertiary/aromatic N) is 2. The van der Waals surface area contributed by atoms with Crippen LogP contribution in [0.25, 0.3) is 0 Å². The maximum Gasteiger partial charge on any atom is 0.244 e. The van der Waals surface area contributed by atoms with Crippen LogP contribution in [0.5, 0.6) is 0 Å². The molecule has 0 heterocycles. The average Bonchev–Trinajstić information content (AvgIpc) is 2.87. The van der Waals surface area contributed by atoms with Crippen molar-refractivity contribution in [1.82, 2.24) is 10.2 Å². The minimum absolute atomic E-state index is 0.0496. The van der Waals surface area contributed by atoms with Gasteiger partial charge >= 0.3 is 0 Å². The van der Waals surface area contributed by atoms with Crippen LogP contribution in [-0.2, 0) is 32.6 Å². The molecule has 0 fully saturated rings. The number of nitrogens with one attached hydrogen (secondary N) is 1. The molecular formula is C27H28Cl3N3O4S. The van der Waals surface area contributed by atoms with Gasteiger partial charge in [-0.15, -0.1) is 0 Å². The van der Waals surface area contributed by atoms with Crippen LogP contribution < -0.4 is 9.62 Å². The molecule has 7 nitrogen and oxygen atoms in total. The van der Waals surface area contributed by atoms with Crippen LogP contribution in [0.15, 0.2) is 66.7 Å². The standard InChI is InChI=1S/C27H28Cl3N3O4S/c1-18-9-12-22(15-23(18)29)33(38(3,36)37)17-26(34)32(16-20-10-11-21(28)14-24(20)30)25(27(35)31-2)13-19-7-5-4-6-8-19/h4-12,14-15,25H,13,16-17H2,1-3H3,(H,31,35)/t25-/m1/s1. The summed E-state index contributed by atoms with van der Waals surface area (Å²) in [7, 11) is -2.41. The fourth-order valence-corrected chi connectivity index (χ4v) is 5.39. The molecule has 2 amide bonds. The fourth-order valence-electron chi connectivity index (χ4n) is 3.90. The molecule has 3 aromatic rings. The largest absolute Gasteiger partial charge is 0.357 e. The third-order valence-corrected chi connectivity index (χ3v) is 8.13. The van der Waals surface area contributed by atoms with Crippen molar-refractivity contribution in [3.8, 4) is 0 Å². The first-order chi connectivity index (χ1) is 17.9. The van der Waals surface area contributed by atoms with Gasteiger partial charge in [-0.1, -0.05) is 77.3 Å². The zero-order valence-corrected chi connectivity index (χ0v) is 24.2. The summed E-state index contributed by atoms with van der Waals surface area (Å²) in [6.07, 6.45) is 1.21. The molecule has 38 heavy (non-hydrogen) atoms. The van der Waals surface area contributed by atoms with Gasteiger partial charge in [0.1, 0.15) is 12.6 Å². The van der Waals surface area contributed by atoms with E-state index in [1.807, 2.05) is 30.3 Å². The third kappa shape index (κ3) is 7.63. The van der Waals surface area contributed by atoms with Crippen molar-refractivity contribution in [3.63, 3.8) is 0 Å². The van der Waals surface area contributed by atoms with Gasteiger partial charge in [-0.25, -0.2) is 8.42 Å². The number of amides is 2. The van der Waals surface area contributed by atoms with Crippen molar-refractivity contribution in [2.24, 2.45) is 0 Å². The Morgan fingerprint density at radius 2 is 1.63 bits per heavy atom. The summed E-state index contributed by atoms with van der Waals surface area (Å²) in [5, 5.41) is 3.72. The van der Waals surface area contributed by atoms with Crippen LogP contribution in [0.4, 0.5) is 5.69 Å². The third-order valence-electron chi connectivity index (χ3n) is 6.00. The highest BCUT2D eigenvalue weighted by molar-refractivity contribution is 7.92. The summed E-state index contributed by atoms with van der Waals surface area (Å²) in [6, 6.07) is 17.9. The molecule has 0 radical (unpaired) electrons. The van der Waals surface area contributed by atoms with E-state index in [9.17, 15) is 18.0 Å². The van der Waals surface area contributed by atoms with Gasteiger partial charge in [-0.05, 0) is 47.9 Å². The molecule has 11 heteroatoms. The van der Waals surface area contributed by atoms with Crippen LogP contribution in [0.3, 0.4) is 0 Å². The number of likely N-dealkylation sites (N-methyl/N-ethyl adjacent to an activating group) is 1. The van der Waals surface area contributed by atoms with Gasteiger partial charge in [0, 0.05) is 35.1 Å². The molecule has 0 aliphatic heterocycles. The molecule has 0 aliphatic carbocycles. The lowest BCUT2D eigenvalue weighted by atomic mass is 10.0. The zero-order valence-electron chi connectivity index (χ0n) is 21.1. The summed E-state index contributed by atoms with van der Waals surface area (Å²) in [5.41, 5.74) is 2.37. The Labute approximate surface area is 238 Å². The van der Waals surface area contributed by atoms with Gasteiger partial charge in [0.25, 0.3) is 0 Å². The van der Waals surface area contributed by atoms with Crippen molar-refractivity contribution in [2.45, 2.75) is 25.9 Å². The monoisotopic (exact) mass is 595 g/mol. The van der Waals surface area contributed by atoms with E-state index >= 15 is 0 Å². The molecule has 3 aromatic carbocycles. The second-order valence-electron chi connectivity index (χ2n) is 8.78. The summed E-state index contributed by atoms with van der Waals surface area (Å²) >= 11 is 18.7. The van der Waals surface area contributed by atoms with E-state index in [0.29, 0.717) is 20.6 Å². The van der Waals surface area contributed by atoms with E-state index in [-0.39, 0.29) is 18.7 Å². The molecule has 202 valence electrons. The molecule has 0 bridgehead atoms. The second kappa shape index (κ2) is 12.8. The van der Waals surface area contributed by atoms with Crippen molar-refractivity contribution in [2.75, 3.05) is 24.2 Å². The van der Waals surface area contributed by atoms with E-state index in [4.69, 9.17) is 34.8 Å². The zero-order chi connectivity index (χ0) is 28.0. The number of hydrogen-bond acceptors (Lipinski definition) is 4. The molecule has 0 spiro atoms. The normalized spacial score (nSPS) is 12.1. The number of carbonyl (C=O) groups excluding carboxylic acids is 2. The number of halogens is 3. The van der Waals surface area contributed by atoms with Gasteiger partial charge in [0.2, 0.25) is 21.8 Å². The van der Waals surface area contributed by atoms with Crippen LogP contribution in [0, 0.1) is 6.92 Å². The maximum absolute atomic E-state index is 13.9. The first-order valence-corrected chi connectivity index (χ1v) is 14.6. The molecule has 0 saturated heterocycles. The molecule has 3 rings (SSSR count). The average molecular weight is 597 g/mol. The first kappa shape index (κ1) is 29.8. The van der Waals surface area contributed by atoms with E-state index in [1.165, 1.54) is 18.0 Å². The fraction of sp³-hybridized carbons (Fsp3) is 0.259. The lowest BCUT2D eigenvalue weighted by Crippen LogP contribution is -2.52. The number of rotatable bonds is 10. The Morgan fingerprint density at radius 3 is 2.21 bits per heavy atom. The highest BCUT2D eigenvalue weighted by atomic mass is 35.5. The number of sulfonamides is 1. The smallest absolute Gasteiger partial charge is 0.244 e. The summed E-state index contributed by atoms with van der Waals surface area (Å²) in [5.74, 6) is -1.00. The van der Waals surface area contributed by atoms with Gasteiger partial charge in [-0.2, -0.15) is 0 Å². The molecule has 0 saturated carbocycles. The van der Waals surface area contributed by atoms with Crippen LogP contribution in [0.2, 0.25) is 15.1 Å². The Hall–Kier alpha value is -2.78. The SMILES string of the molecule is CNC(=O)[C@@H](Cc1ccccc1)N(Cc1ccc(Cl)cc1Cl)C(=O)CN(c1ccc(C)c(Cl)c1)S(C)(=O)=O. The first-order valence-electron chi connectivity index (χ1n) is 11.6. The van der Waals surface area contributed by atoms with Crippen LogP contribution in [0.1, 0.15) is 16.7 Å². The summed E-state index contributed by atoms with van der Waals surface area (Å²) in [6.45, 7) is 1.19. The Kier molecular flexibility index (Phi) is 10.1. The molecule has 0 aromatic heterocycles. The predicted molar refractivity (Wildman–Crippen MR) is 153 cm³/mol. The van der Waals surface area contributed by atoms with Crippen molar-refractivity contribution >= 4 is 62.3 Å². The number of benzene rings is 3. The highest BCUT2D eigenvalue weighted by Gasteiger charge is 2.33. The molecule has 1 atom stereocenters. The van der Waals surface area contributed by atoms with Crippen molar-refractivity contribution < 1.29 is 18.0 Å². The van der Waals surface area contributed by atoms with Gasteiger partial charge in [-0.3, -0.25) is 13.9 Å². The highest BCUT2D eigenvalue weighted by Crippen LogP contribution is 2.27. The van der Waals surface area contributed by atoms with E-state index in [1.54, 1.807) is 37.3 Å². The van der Waals surface area contributed by atoms with Crippen LogP contribution >= 0.6 is 34.8 Å². The number of hydrogen-bond donors (Lipinski definition) is 1. The Bertz CT molecular complexity index is 1420. The Morgan fingerprint density at radius 1 is 0.947 bits per heavy atom. The van der Waals surface area contributed by atoms with E-state index in [0.717, 1.165) is 21.7 Å². The number of anilines is 1. The lowest BCUT2D eigenvalue weighted by Gasteiger charge is -2.33. The van der Waals surface area contributed by atoms with Gasteiger partial charge in [0.15, 0.2) is 0 Å². The minimum atomic E-state index is -3.89. The van der Waals surface area contributed by atoms with Crippen LogP contribution in [-0.4, -0.2) is 51.0 Å². The van der Waals surface area contributed by atoms with E-state index in [2.05, 4.69) is 5.32 Å². The molecule has 0 unspecified atom stereocenters. The second-order valence-corrected chi connectivity index (χ2v) is 11.9. The quantitative estimate of drug-likeness (QED) is 0.353. The lowest BCUT2D eigenvalue weighted by molar-refractivity contribution is -0.139. The summed E-state index contributed by atoms with van der Waals surface area (Å²) in [4.78, 5) is 28.4. The van der Waals surface area contributed by atoms with Crippen molar-refractivity contribution in [1.29, 1.82) is 0 Å². The van der Waals surface area contributed by atoms with Crippen molar-refractivity contribution in [3.05, 3.63) is 98.5 Å². The Balaban J connectivity index is 2.06. The van der Waals surface area contributed by atoms with Gasteiger partial charge in [0.05, 0.1) is 11.9 Å². The van der Waals surface area contributed by atoms with Gasteiger partial charge < -0.3 is 10.2 Å².